The Kier molecular flexibility index (Phi) is 5.86. The van der Waals surface area contributed by atoms with E-state index in [0.717, 1.165) is 21.9 Å². The van der Waals surface area contributed by atoms with Gasteiger partial charge in [0.25, 0.3) is 0 Å². The lowest BCUT2D eigenvalue weighted by Crippen LogP contribution is -2.45. The molecule has 2 aromatic heterocycles. The zero-order valence-corrected chi connectivity index (χ0v) is 19.1. The number of fused-ring (bicyclic) bond motifs is 1. The summed E-state index contributed by atoms with van der Waals surface area (Å²) in [6.07, 6.45) is 2.16. The van der Waals surface area contributed by atoms with Crippen LogP contribution < -0.4 is 5.32 Å². The molecule has 1 aliphatic heterocycles. The summed E-state index contributed by atoms with van der Waals surface area (Å²) in [5.74, 6) is 0.726. The molecule has 0 bridgehead atoms. The van der Waals surface area contributed by atoms with Crippen LogP contribution >= 0.6 is 23.1 Å². The maximum absolute atomic E-state index is 13.2. The number of nitrogens with one attached hydrogen (secondary N) is 1. The van der Waals surface area contributed by atoms with Crippen LogP contribution in [0.15, 0.2) is 66.2 Å². The van der Waals surface area contributed by atoms with Gasteiger partial charge in [-0.2, -0.15) is 5.26 Å². The van der Waals surface area contributed by atoms with Crippen LogP contribution in [0.1, 0.15) is 11.3 Å². The van der Waals surface area contributed by atoms with E-state index in [2.05, 4.69) is 16.4 Å². The molecule has 0 spiro atoms. The third-order valence-electron chi connectivity index (χ3n) is 5.47. The molecule has 1 atom stereocenters. The molecule has 7 nitrogen and oxygen atoms in total. The predicted molar refractivity (Wildman–Crippen MR) is 130 cm³/mol. The summed E-state index contributed by atoms with van der Waals surface area (Å²) in [5, 5.41) is 13.7. The molecular formula is C24H19N5O2S2. The summed E-state index contributed by atoms with van der Waals surface area (Å²) < 4.78 is 1.96. The number of carbonyl (C=O) groups excluding carboxylic acids is 2. The lowest BCUT2D eigenvalue weighted by atomic mass is 10.2. The second kappa shape index (κ2) is 9.10. The van der Waals surface area contributed by atoms with Gasteiger partial charge in [-0.25, -0.2) is 4.98 Å². The minimum absolute atomic E-state index is 0.0883. The Morgan fingerprint density at radius 2 is 1.94 bits per heavy atom. The molecule has 164 valence electrons. The highest BCUT2D eigenvalue weighted by molar-refractivity contribution is 7.99. The number of imidazole rings is 1. The fourth-order valence-corrected chi connectivity index (χ4v) is 5.77. The molecule has 0 aliphatic carbocycles. The normalized spacial score (nSPS) is 15.5. The van der Waals surface area contributed by atoms with Crippen LogP contribution in [0.3, 0.4) is 0 Å². The topological polar surface area (TPSA) is 90.5 Å². The summed E-state index contributed by atoms with van der Waals surface area (Å²) in [5.41, 5.74) is 3.89. The van der Waals surface area contributed by atoms with E-state index in [1.165, 1.54) is 11.3 Å². The Hall–Kier alpha value is -3.61. The first-order valence-corrected chi connectivity index (χ1v) is 12.3. The van der Waals surface area contributed by atoms with Gasteiger partial charge in [-0.3, -0.25) is 14.0 Å². The van der Waals surface area contributed by atoms with E-state index in [9.17, 15) is 9.59 Å². The SMILES string of the molecule is N#Cc1ccc(NC(=O)C2CSCN2C(=O)Cc2csc3nc(-c4ccccc4)cn23)cc1. The molecule has 4 aromatic rings. The van der Waals surface area contributed by atoms with E-state index in [1.807, 2.05) is 46.3 Å². The van der Waals surface area contributed by atoms with Crippen molar-refractivity contribution in [1.29, 1.82) is 5.26 Å². The number of benzene rings is 2. The van der Waals surface area contributed by atoms with Crippen molar-refractivity contribution in [3.05, 3.63) is 77.4 Å². The summed E-state index contributed by atoms with van der Waals surface area (Å²) in [4.78, 5) is 33.2. The lowest BCUT2D eigenvalue weighted by molar-refractivity contribution is -0.135. The Morgan fingerprint density at radius 1 is 1.15 bits per heavy atom. The van der Waals surface area contributed by atoms with E-state index in [4.69, 9.17) is 5.26 Å². The van der Waals surface area contributed by atoms with Gasteiger partial charge in [0.2, 0.25) is 11.8 Å². The fraction of sp³-hybridized carbons (Fsp3) is 0.167. The smallest absolute Gasteiger partial charge is 0.248 e. The van der Waals surface area contributed by atoms with E-state index >= 15 is 0 Å². The highest BCUT2D eigenvalue weighted by Gasteiger charge is 2.35. The Balaban J connectivity index is 1.29. The second-order valence-corrected chi connectivity index (χ2v) is 9.44. The zero-order valence-electron chi connectivity index (χ0n) is 17.5. The molecule has 5 rings (SSSR count). The number of thiazole rings is 1. The molecule has 0 radical (unpaired) electrons. The number of nitriles is 1. The molecule has 1 unspecified atom stereocenters. The molecule has 0 saturated carbocycles. The molecule has 3 heterocycles. The van der Waals surface area contributed by atoms with Gasteiger partial charge in [0.1, 0.15) is 6.04 Å². The van der Waals surface area contributed by atoms with Crippen LogP contribution in [0.2, 0.25) is 0 Å². The highest BCUT2D eigenvalue weighted by atomic mass is 32.2. The van der Waals surface area contributed by atoms with Crippen LogP contribution in [-0.4, -0.2) is 43.8 Å². The molecule has 1 N–H and O–H groups in total. The van der Waals surface area contributed by atoms with Crippen LogP contribution in [-0.2, 0) is 16.0 Å². The number of aromatic nitrogens is 2. The van der Waals surface area contributed by atoms with Crippen molar-refractivity contribution in [3.8, 4) is 17.3 Å². The van der Waals surface area contributed by atoms with Gasteiger partial charge in [-0.05, 0) is 24.3 Å². The molecule has 33 heavy (non-hydrogen) atoms. The molecule has 2 aromatic carbocycles. The predicted octanol–water partition coefficient (Wildman–Crippen LogP) is 4.02. The number of hydrogen-bond acceptors (Lipinski definition) is 6. The summed E-state index contributed by atoms with van der Waals surface area (Å²) >= 11 is 3.07. The largest absolute Gasteiger partial charge is 0.324 e. The standard InChI is InChI=1S/C24H19N5O2S2/c25-11-16-6-8-18(9-7-16)26-23(31)21-14-32-15-29(21)22(30)10-19-13-33-24-27-20(12-28(19)24)17-4-2-1-3-5-17/h1-9,12-13,21H,10,14-15H2,(H,26,31). The molecule has 1 fully saturated rings. The van der Waals surface area contributed by atoms with Gasteiger partial charge in [0, 0.05) is 34.3 Å². The third kappa shape index (κ3) is 4.35. The summed E-state index contributed by atoms with van der Waals surface area (Å²) in [6.45, 7) is 0. The number of hydrogen-bond donors (Lipinski definition) is 1. The molecular weight excluding hydrogens is 454 g/mol. The average molecular weight is 474 g/mol. The van der Waals surface area contributed by atoms with Gasteiger partial charge < -0.3 is 10.2 Å². The summed E-state index contributed by atoms with van der Waals surface area (Å²) in [7, 11) is 0. The molecule has 1 saturated heterocycles. The first-order chi connectivity index (χ1) is 16.1. The van der Waals surface area contributed by atoms with E-state index in [1.54, 1.807) is 40.9 Å². The van der Waals surface area contributed by atoms with E-state index < -0.39 is 6.04 Å². The third-order valence-corrected chi connectivity index (χ3v) is 7.37. The zero-order chi connectivity index (χ0) is 22.8. The lowest BCUT2D eigenvalue weighted by Gasteiger charge is -2.23. The van der Waals surface area contributed by atoms with Crippen LogP contribution in [0.4, 0.5) is 5.69 Å². The quantitative estimate of drug-likeness (QED) is 0.473. The summed E-state index contributed by atoms with van der Waals surface area (Å²) in [6, 6.07) is 18.1. The maximum Gasteiger partial charge on any atom is 0.248 e. The molecule has 9 heteroatoms. The van der Waals surface area contributed by atoms with Crippen molar-refractivity contribution in [1.82, 2.24) is 14.3 Å². The molecule has 1 aliphatic rings. The number of carbonyl (C=O) groups is 2. The highest BCUT2D eigenvalue weighted by Crippen LogP contribution is 2.26. The van der Waals surface area contributed by atoms with Gasteiger partial charge in [0.05, 0.1) is 29.6 Å². The van der Waals surface area contributed by atoms with Crippen LogP contribution in [0.5, 0.6) is 0 Å². The number of rotatable bonds is 5. The van der Waals surface area contributed by atoms with Crippen LogP contribution in [0.25, 0.3) is 16.2 Å². The van der Waals surface area contributed by atoms with Gasteiger partial charge >= 0.3 is 0 Å². The van der Waals surface area contributed by atoms with Crippen molar-refractivity contribution < 1.29 is 9.59 Å². The Bertz CT molecular complexity index is 1360. The van der Waals surface area contributed by atoms with Crippen LogP contribution in [0, 0.1) is 11.3 Å². The first kappa shape index (κ1) is 21.2. The van der Waals surface area contributed by atoms with Crippen molar-refractivity contribution in [3.63, 3.8) is 0 Å². The van der Waals surface area contributed by atoms with Gasteiger partial charge in [0.15, 0.2) is 4.96 Å². The Morgan fingerprint density at radius 3 is 2.70 bits per heavy atom. The minimum Gasteiger partial charge on any atom is -0.324 e. The van der Waals surface area contributed by atoms with E-state index in [0.29, 0.717) is 22.9 Å². The first-order valence-electron chi connectivity index (χ1n) is 10.3. The number of anilines is 1. The molecule has 2 amide bonds. The number of thioether (sulfide) groups is 1. The van der Waals surface area contributed by atoms with Crippen molar-refractivity contribution in [2.75, 3.05) is 16.9 Å². The van der Waals surface area contributed by atoms with Crippen molar-refractivity contribution in [2.24, 2.45) is 0 Å². The second-order valence-electron chi connectivity index (χ2n) is 7.61. The van der Waals surface area contributed by atoms with Crippen molar-refractivity contribution in [2.45, 2.75) is 12.5 Å². The van der Waals surface area contributed by atoms with Gasteiger partial charge in [-0.1, -0.05) is 30.3 Å². The van der Waals surface area contributed by atoms with E-state index in [-0.39, 0.29) is 18.2 Å². The minimum atomic E-state index is -0.532. The number of amides is 2. The number of nitrogens with zero attached hydrogens (tertiary/aromatic N) is 4. The van der Waals surface area contributed by atoms with Crippen molar-refractivity contribution >= 4 is 45.6 Å². The fourth-order valence-electron chi connectivity index (χ4n) is 3.72. The Labute approximate surface area is 198 Å². The van der Waals surface area contributed by atoms with Gasteiger partial charge in [-0.15, -0.1) is 23.1 Å². The average Bonchev–Trinajstić information content (AvgIpc) is 3.57. The monoisotopic (exact) mass is 473 g/mol. The maximum atomic E-state index is 13.2.